The lowest BCUT2D eigenvalue weighted by Gasteiger charge is -2.07. The SMILES string of the molecule is COc1cc(C#N)cc(-c2c(C)nn(-c3nc(-c4ccc(Cl)c(Cl)c4)c(SC(C)C)s3)c2C(=O)O)c1. The van der Waals surface area contributed by atoms with E-state index in [-0.39, 0.29) is 10.9 Å². The van der Waals surface area contributed by atoms with Crippen molar-refractivity contribution in [1.29, 1.82) is 5.26 Å². The van der Waals surface area contributed by atoms with Gasteiger partial charge in [0.2, 0.25) is 5.13 Å². The lowest BCUT2D eigenvalue weighted by atomic mass is 10.0. The van der Waals surface area contributed by atoms with Crippen molar-refractivity contribution in [2.45, 2.75) is 30.2 Å². The molecule has 0 saturated heterocycles. The van der Waals surface area contributed by atoms with E-state index in [1.807, 2.05) is 6.07 Å². The van der Waals surface area contributed by atoms with Crippen LogP contribution in [0.2, 0.25) is 10.0 Å². The topological polar surface area (TPSA) is 101 Å². The van der Waals surface area contributed by atoms with Gasteiger partial charge in [0.15, 0.2) is 5.69 Å². The molecule has 0 aliphatic heterocycles. The summed E-state index contributed by atoms with van der Waals surface area (Å²) in [5.41, 5.74) is 3.12. The van der Waals surface area contributed by atoms with Crippen molar-refractivity contribution in [2.24, 2.45) is 0 Å². The molecule has 2 aromatic heterocycles. The van der Waals surface area contributed by atoms with Gasteiger partial charge in [-0.25, -0.2) is 9.78 Å². The Bertz CT molecular complexity index is 1520. The van der Waals surface area contributed by atoms with Crippen molar-refractivity contribution in [3.05, 3.63) is 63.4 Å². The molecule has 0 spiro atoms. The van der Waals surface area contributed by atoms with Gasteiger partial charge in [0.1, 0.15) is 5.75 Å². The third kappa shape index (κ3) is 5.08. The molecule has 0 aliphatic rings. The predicted octanol–water partition coefficient (Wildman–Crippen LogP) is 7.36. The lowest BCUT2D eigenvalue weighted by Crippen LogP contribution is -2.09. The first-order valence-electron chi connectivity index (χ1n) is 10.7. The third-order valence-electron chi connectivity index (χ3n) is 5.12. The van der Waals surface area contributed by atoms with Crippen LogP contribution in [-0.4, -0.2) is 38.2 Å². The lowest BCUT2D eigenvalue weighted by molar-refractivity contribution is 0.0688. The van der Waals surface area contributed by atoms with Crippen LogP contribution < -0.4 is 4.74 Å². The summed E-state index contributed by atoms with van der Waals surface area (Å²) in [6.07, 6.45) is 0. The van der Waals surface area contributed by atoms with E-state index in [9.17, 15) is 15.2 Å². The Balaban J connectivity index is 1.94. The van der Waals surface area contributed by atoms with E-state index in [4.69, 9.17) is 32.9 Å². The molecule has 7 nitrogen and oxygen atoms in total. The minimum Gasteiger partial charge on any atom is -0.497 e. The molecule has 0 radical (unpaired) electrons. The first-order valence-corrected chi connectivity index (χ1v) is 13.1. The van der Waals surface area contributed by atoms with Gasteiger partial charge < -0.3 is 9.84 Å². The number of nitrogens with zero attached hydrogens (tertiary/aromatic N) is 4. The number of rotatable bonds is 7. The number of hydrogen-bond acceptors (Lipinski definition) is 7. The van der Waals surface area contributed by atoms with Crippen LogP contribution >= 0.6 is 46.3 Å². The van der Waals surface area contributed by atoms with Crippen LogP contribution in [0.15, 0.2) is 40.6 Å². The Hall–Kier alpha value is -3.03. The summed E-state index contributed by atoms with van der Waals surface area (Å²) in [4.78, 5) is 17.3. The molecule has 36 heavy (non-hydrogen) atoms. The number of thiazole rings is 1. The molecule has 0 atom stereocenters. The predicted molar refractivity (Wildman–Crippen MR) is 144 cm³/mol. The molecule has 2 heterocycles. The largest absolute Gasteiger partial charge is 0.497 e. The molecule has 4 rings (SSSR count). The number of benzene rings is 2. The summed E-state index contributed by atoms with van der Waals surface area (Å²) in [7, 11) is 1.49. The van der Waals surface area contributed by atoms with Crippen LogP contribution in [0.1, 0.15) is 35.6 Å². The smallest absolute Gasteiger partial charge is 0.355 e. The number of carbonyl (C=O) groups is 1. The summed E-state index contributed by atoms with van der Waals surface area (Å²) in [5.74, 6) is -0.726. The minimum atomic E-state index is -1.17. The highest BCUT2D eigenvalue weighted by Gasteiger charge is 2.27. The first kappa shape index (κ1) is 26.0. The van der Waals surface area contributed by atoms with E-state index < -0.39 is 5.97 Å². The Kier molecular flexibility index (Phi) is 7.62. The van der Waals surface area contributed by atoms with Gasteiger partial charge in [0, 0.05) is 16.4 Å². The number of methoxy groups -OCH3 is 1. The fourth-order valence-electron chi connectivity index (χ4n) is 3.64. The van der Waals surface area contributed by atoms with E-state index in [0.717, 1.165) is 9.77 Å². The molecule has 1 N–H and O–H groups in total. The van der Waals surface area contributed by atoms with Gasteiger partial charge in [-0.1, -0.05) is 54.5 Å². The van der Waals surface area contributed by atoms with E-state index in [2.05, 4.69) is 25.0 Å². The number of aromatic carboxylic acids is 1. The molecule has 0 saturated carbocycles. The summed E-state index contributed by atoms with van der Waals surface area (Å²) in [6, 6.07) is 12.2. The Morgan fingerprint density at radius 2 is 1.94 bits per heavy atom. The Morgan fingerprint density at radius 1 is 1.19 bits per heavy atom. The van der Waals surface area contributed by atoms with Crippen molar-refractivity contribution in [1.82, 2.24) is 14.8 Å². The number of carboxylic acids is 1. The van der Waals surface area contributed by atoms with Gasteiger partial charge in [0.25, 0.3) is 0 Å². The molecular weight excluding hydrogens is 539 g/mol. The zero-order chi connectivity index (χ0) is 26.1. The highest BCUT2D eigenvalue weighted by atomic mass is 35.5. The third-order valence-corrected chi connectivity index (χ3v) is 8.11. The van der Waals surface area contributed by atoms with E-state index in [0.29, 0.717) is 49.0 Å². The van der Waals surface area contributed by atoms with Crippen molar-refractivity contribution < 1.29 is 14.6 Å². The Labute approximate surface area is 226 Å². The standard InChI is InChI=1S/C25H20Cl2N4O3S2/c1-12(2)35-24-21(15-5-6-18(26)19(27)10-15)29-25(36-24)31-22(23(32)33)20(13(3)30-31)16-7-14(11-28)8-17(9-16)34-4/h5-10,12H,1-4H3,(H,32,33). The number of ether oxygens (including phenoxy) is 1. The molecule has 0 amide bonds. The molecular formula is C25H20Cl2N4O3S2. The van der Waals surface area contributed by atoms with Gasteiger partial charge in [-0.15, -0.1) is 11.8 Å². The molecule has 2 aromatic carbocycles. The number of nitriles is 1. The zero-order valence-corrected chi connectivity index (χ0v) is 22.8. The number of thioether (sulfide) groups is 1. The van der Waals surface area contributed by atoms with Crippen LogP contribution in [0.25, 0.3) is 27.5 Å². The van der Waals surface area contributed by atoms with Crippen molar-refractivity contribution >= 4 is 52.3 Å². The Morgan fingerprint density at radius 3 is 2.56 bits per heavy atom. The van der Waals surface area contributed by atoms with Crippen LogP contribution in [0.3, 0.4) is 0 Å². The first-order chi connectivity index (χ1) is 17.1. The van der Waals surface area contributed by atoms with Gasteiger partial charge in [-0.3, -0.25) is 0 Å². The molecule has 0 unspecified atom stereocenters. The number of aromatic nitrogens is 3. The fraction of sp³-hybridized carbons (Fsp3) is 0.200. The molecule has 4 aromatic rings. The van der Waals surface area contributed by atoms with E-state index in [1.54, 1.807) is 49.0 Å². The second kappa shape index (κ2) is 10.5. The maximum atomic E-state index is 12.5. The zero-order valence-electron chi connectivity index (χ0n) is 19.7. The van der Waals surface area contributed by atoms with Gasteiger partial charge >= 0.3 is 5.97 Å². The average Bonchev–Trinajstić information content (AvgIpc) is 3.40. The van der Waals surface area contributed by atoms with Crippen molar-refractivity contribution in [2.75, 3.05) is 7.11 Å². The van der Waals surface area contributed by atoms with Crippen LogP contribution in [0, 0.1) is 18.3 Å². The van der Waals surface area contributed by atoms with E-state index in [1.165, 1.54) is 23.1 Å². The monoisotopic (exact) mass is 558 g/mol. The van der Waals surface area contributed by atoms with E-state index >= 15 is 0 Å². The maximum absolute atomic E-state index is 12.5. The molecule has 184 valence electrons. The minimum absolute atomic E-state index is 0.0554. The molecule has 0 aliphatic carbocycles. The van der Waals surface area contributed by atoms with Gasteiger partial charge in [-0.2, -0.15) is 15.0 Å². The summed E-state index contributed by atoms with van der Waals surface area (Å²) < 4.78 is 7.56. The number of aryl methyl sites for hydroxylation is 1. The summed E-state index contributed by atoms with van der Waals surface area (Å²) in [5, 5.41) is 25.7. The van der Waals surface area contributed by atoms with Crippen LogP contribution in [0.4, 0.5) is 0 Å². The highest BCUT2D eigenvalue weighted by Crippen LogP contribution is 2.42. The number of halogens is 2. The summed E-state index contributed by atoms with van der Waals surface area (Å²) in [6.45, 7) is 5.86. The average molecular weight is 560 g/mol. The maximum Gasteiger partial charge on any atom is 0.355 e. The quantitative estimate of drug-likeness (QED) is 0.236. The van der Waals surface area contributed by atoms with Crippen molar-refractivity contribution in [3.8, 4) is 39.3 Å². The fourth-order valence-corrected chi connectivity index (χ4v) is 6.42. The highest BCUT2D eigenvalue weighted by molar-refractivity contribution is 8.01. The normalized spacial score (nSPS) is 11.1. The van der Waals surface area contributed by atoms with Crippen LogP contribution in [-0.2, 0) is 0 Å². The molecule has 0 bridgehead atoms. The van der Waals surface area contributed by atoms with Gasteiger partial charge in [0.05, 0.1) is 44.4 Å². The number of hydrogen-bond donors (Lipinski definition) is 1. The van der Waals surface area contributed by atoms with Gasteiger partial charge in [-0.05, 0) is 42.8 Å². The second-order valence-corrected chi connectivity index (χ2v) is 11.7. The molecule has 11 heteroatoms. The van der Waals surface area contributed by atoms with Crippen LogP contribution in [0.5, 0.6) is 5.75 Å². The van der Waals surface area contributed by atoms with Crippen molar-refractivity contribution in [3.63, 3.8) is 0 Å². The number of carboxylic acid groups (broad SMARTS) is 1. The second-order valence-electron chi connectivity index (χ2n) is 8.02. The summed E-state index contributed by atoms with van der Waals surface area (Å²) >= 11 is 15.3. The molecule has 0 fully saturated rings.